The van der Waals surface area contributed by atoms with Gasteiger partial charge in [-0.3, -0.25) is 4.79 Å². The Kier molecular flexibility index (Phi) is 3.89. The van der Waals surface area contributed by atoms with Crippen LogP contribution >= 0.6 is 38.6 Å². The first kappa shape index (κ1) is 12.2. The third-order valence-electron chi connectivity index (χ3n) is 1.98. The van der Waals surface area contributed by atoms with E-state index in [0.29, 0.717) is 4.88 Å². The molecule has 0 bridgehead atoms. The van der Waals surface area contributed by atoms with Crippen LogP contribution in [0.15, 0.2) is 39.0 Å². The summed E-state index contributed by atoms with van der Waals surface area (Å²) in [4.78, 5) is 13.4. The first-order valence-electron chi connectivity index (χ1n) is 4.65. The summed E-state index contributed by atoms with van der Waals surface area (Å²) in [5.41, 5.74) is 0.168. The summed E-state index contributed by atoms with van der Waals surface area (Å²) >= 11 is 6.16. The number of carbonyl (C=O) groups excluding carboxylic acids is 1. The molecule has 2 rings (SSSR count). The number of rotatable bonds is 3. The highest BCUT2D eigenvalue weighted by Gasteiger charge is 2.13. The highest BCUT2D eigenvalue weighted by molar-refractivity contribution is 9.10. The van der Waals surface area contributed by atoms with Crippen LogP contribution in [0.3, 0.4) is 0 Å². The minimum Gasteiger partial charge on any atom is -0.287 e. The highest BCUT2D eigenvalue weighted by atomic mass is 79.9. The van der Waals surface area contributed by atoms with Gasteiger partial charge in [0.25, 0.3) is 0 Å². The van der Waals surface area contributed by atoms with Crippen molar-refractivity contribution in [2.75, 3.05) is 0 Å². The van der Waals surface area contributed by atoms with Gasteiger partial charge in [-0.05, 0) is 39.5 Å². The lowest BCUT2D eigenvalue weighted by atomic mass is 10.1. The maximum absolute atomic E-state index is 12.0. The van der Waals surface area contributed by atoms with Crippen molar-refractivity contribution < 1.29 is 4.79 Å². The summed E-state index contributed by atoms with van der Waals surface area (Å²) in [6, 6.07) is 7.36. The van der Waals surface area contributed by atoms with Gasteiger partial charge in [-0.1, -0.05) is 6.07 Å². The van der Waals surface area contributed by atoms with Crippen LogP contribution in [0.1, 0.15) is 14.5 Å². The van der Waals surface area contributed by atoms with Crippen molar-refractivity contribution in [3.05, 3.63) is 48.8 Å². The molecule has 0 aliphatic rings. The number of nitrogens with zero attached hydrogens (tertiary/aromatic N) is 1. The van der Waals surface area contributed by atoms with Crippen LogP contribution in [0.2, 0.25) is 0 Å². The van der Waals surface area contributed by atoms with E-state index in [-0.39, 0.29) is 11.4 Å². The van der Waals surface area contributed by atoms with Crippen LogP contribution in [0.25, 0.3) is 6.08 Å². The number of halogens is 1. The molecule has 0 amide bonds. The minimum atomic E-state index is -0.216. The Balaban J connectivity index is 2.32. The van der Waals surface area contributed by atoms with Crippen molar-refractivity contribution in [2.24, 2.45) is 0 Å². The topological polar surface area (TPSA) is 40.9 Å². The molecule has 0 atom stereocenters. The van der Waals surface area contributed by atoms with E-state index in [2.05, 4.69) is 15.9 Å². The Bertz CT molecular complexity index is 605. The quantitative estimate of drug-likeness (QED) is 0.478. The van der Waals surface area contributed by atoms with E-state index in [1.54, 1.807) is 18.2 Å². The lowest BCUT2D eigenvalue weighted by Gasteiger charge is -1.93. The average Bonchev–Trinajstić information content (AvgIpc) is 2.96. The van der Waals surface area contributed by atoms with Crippen LogP contribution in [0.5, 0.6) is 0 Å². The Morgan fingerprint density at radius 3 is 2.82 bits per heavy atom. The molecule has 0 fully saturated rings. The molecule has 5 heteroatoms. The zero-order chi connectivity index (χ0) is 12.3. The van der Waals surface area contributed by atoms with Crippen molar-refractivity contribution in [2.45, 2.75) is 0 Å². The fraction of sp³-hybridized carbons (Fsp3) is 0. The summed E-state index contributed by atoms with van der Waals surface area (Å²) in [6.07, 6.45) is 1.62. The molecule has 0 aliphatic heterocycles. The molecule has 0 saturated heterocycles. The summed E-state index contributed by atoms with van der Waals surface area (Å²) in [7, 11) is 0. The van der Waals surface area contributed by atoms with E-state index >= 15 is 0 Å². The lowest BCUT2D eigenvalue weighted by Crippen LogP contribution is -1.98. The van der Waals surface area contributed by atoms with Crippen LogP contribution < -0.4 is 0 Å². The molecular formula is C12H6BrNOS2. The molecule has 0 spiro atoms. The summed E-state index contributed by atoms with van der Waals surface area (Å²) in [5.74, 6) is -0.216. The fourth-order valence-corrected chi connectivity index (χ4v) is 3.29. The molecule has 0 radical (unpaired) electrons. The minimum absolute atomic E-state index is 0.168. The number of hydrogen-bond donors (Lipinski definition) is 0. The molecule has 2 heterocycles. The number of ketones is 1. The second-order valence-corrected chi connectivity index (χ2v) is 5.95. The molecule has 2 aromatic rings. The Morgan fingerprint density at radius 1 is 1.47 bits per heavy atom. The Hall–Kier alpha value is -1.22. The Labute approximate surface area is 115 Å². The first-order chi connectivity index (χ1) is 8.20. The fourth-order valence-electron chi connectivity index (χ4n) is 1.24. The van der Waals surface area contributed by atoms with Gasteiger partial charge in [0.15, 0.2) is 0 Å². The molecule has 0 unspecified atom stereocenters. The molecule has 2 nitrogen and oxygen atoms in total. The number of thiophene rings is 2. The molecule has 0 saturated carbocycles. The first-order valence-corrected chi connectivity index (χ1v) is 7.20. The number of Topliss-reactive ketones (excluding diaryl/α,β-unsaturated/α-hetero) is 1. The van der Waals surface area contributed by atoms with Crippen LogP contribution in [-0.4, -0.2) is 5.78 Å². The smallest absolute Gasteiger partial charge is 0.213 e. The van der Waals surface area contributed by atoms with E-state index in [4.69, 9.17) is 5.26 Å². The third kappa shape index (κ3) is 2.91. The third-order valence-corrected chi connectivity index (χ3v) is 4.49. The second kappa shape index (κ2) is 5.41. The normalized spacial score (nSPS) is 11.2. The summed E-state index contributed by atoms with van der Waals surface area (Å²) < 4.78 is 0.953. The highest BCUT2D eigenvalue weighted by Crippen LogP contribution is 2.23. The van der Waals surface area contributed by atoms with E-state index in [1.165, 1.54) is 22.7 Å². The van der Waals surface area contributed by atoms with Crippen molar-refractivity contribution in [1.82, 2.24) is 0 Å². The average molecular weight is 324 g/mol. The van der Waals surface area contributed by atoms with Crippen molar-refractivity contribution in [3.8, 4) is 6.07 Å². The van der Waals surface area contributed by atoms with Gasteiger partial charge in [0.2, 0.25) is 5.78 Å². The molecule has 17 heavy (non-hydrogen) atoms. The predicted molar refractivity (Wildman–Crippen MR) is 74.3 cm³/mol. The maximum Gasteiger partial charge on any atom is 0.213 e. The van der Waals surface area contributed by atoms with Gasteiger partial charge in [0, 0.05) is 14.7 Å². The van der Waals surface area contributed by atoms with Gasteiger partial charge in [-0.2, -0.15) is 5.26 Å². The van der Waals surface area contributed by atoms with Crippen molar-refractivity contribution in [3.63, 3.8) is 0 Å². The molecular weight excluding hydrogens is 318 g/mol. The van der Waals surface area contributed by atoms with E-state index < -0.39 is 0 Å². The van der Waals surface area contributed by atoms with Gasteiger partial charge >= 0.3 is 0 Å². The summed E-state index contributed by atoms with van der Waals surface area (Å²) in [5, 5.41) is 12.8. The molecule has 2 aromatic heterocycles. The summed E-state index contributed by atoms with van der Waals surface area (Å²) in [6.45, 7) is 0. The lowest BCUT2D eigenvalue weighted by molar-refractivity contribution is 0.104. The van der Waals surface area contributed by atoms with E-state index in [9.17, 15) is 4.79 Å². The number of carbonyl (C=O) groups is 1. The molecule has 84 valence electrons. The van der Waals surface area contributed by atoms with Gasteiger partial charge < -0.3 is 0 Å². The zero-order valence-electron chi connectivity index (χ0n) is 8.51. The number of nitriles is 1. The van der Waals surface area contributed by atoms with Gasteiger partial charge in [0.05, 0.1) is 4.88 Å². The van der Waals surface area contributed by atoms with Crippen LogP contribution in [-0.2, 0) is 0 Å². The number of allylic oxidation sites excluding steroid dienone is 1. The largest absolute Gasteiger partial charge is 0.287 e. The number of hydrogen-bond acceptors (Lipinski definition) is 4. The Morgan fingerprint density at radius 2 is 2.29 bits per heavy atom. The maximum atomic E-state index is 12.0. The van der Waals surface area contributed by atoms with E-state index in [1.807, 2.05) is 22.9 Å². The van der Waals surface area contributed by atoms with Crippen molar-refractivity contribution in [1.29, 1.82) is 5.26 Å². The second-order valence-electron chi connectivity index (χ2n) is 3.14. The standard InChI is InChI=1S/C12H6BrNOS2/c13-9-5-10(17-7-9)4-8(6-14)12(15)11-2-1-3-16-11/h1-5,7H/b8-4+. The van der Waals surface area contributed by atoms with Crippen LogP contribution in [0, 0.1) is 11.3 Å². The van der Waals surface area contributed by atoms with Crippen LogP contribution in [0.4, 0.5) is 0 Å². The molecule has 0 aliphatic carbocycles. The van der Waals surface area contributed by atoms with Gasteiger partial charge in [-0.15, -0.1) is 22.7 Å². The van der Waals surface area contributed by atoms with Crippen molar-refractivity contribution >= 4 is 50.5 Å². The monoisotopic (exact) mass is 323 g/mol. The predicted octanol–water partition coefficient (Wildman–Crippen LogP) is 4.36. The molecule has 0 N–H and O–H groups in total. The van der Waals surface area contributed by atoms with Gasteiger partial charge in [0.1, 0.15) is 11.6 Å². The SMILES string of the molecule is N#C/C(=C\c1cc(Br)cs1)C(=O)c1cccs1. The van der Waals surface area contributed by atoms with E-state index in [0.717, 1.165) is 9.35 Å². The zero-order valence-corrected chi connectivity index (χ0v) is 11.7. The van der Waals surface area contributed by atoms with Gasteiger partial charge in [-0.25, -0.2) is 0 Å². The molecule has 0 aromatic carbocycles.